The molecule has 1 aliphatic rings. The Bertz CT molecular complexity index is 1120. The molecular formula is C24H28N4O4. The summed E-state index contributed by atoms with van der Waals surface area (Å²) in [6.45, 7) is 9.07. The van der Waals surface area contributed by atoms with Crippen molar-refractivity contribution in [1.29, 1.82) is 0 Å². The molecule has 0 bridgehead atoms. The minimum Gasteiger partial charge on any atom is -0.490 e. The van der Waals surface area contributed by atoms with E-state index in [9.17, 15) is 4.79 Å². The molecule has 2 N–H and O–H groups in total. The van der Waals surface area contributed by atoms with E-state index >= 15 is 0 Å². The molecule has 3 aromatic rings. The summed E-state index contributed by atoms with van der Waals surface area (Å²) in [6.07, 6.45) is 1.19. The average Bonchev–Trinajstić information content (AvgIpc) is 3.41. The third-order valence-electron chi connectivity index (χ3n) is 4.87. The molecular weight excluding hydrogens is 408 g/mol. The van der Waals surface area contributed by atoms with Crippen LogP contribution < -0.4 is 20.1 Å². The first-order valence-corrected chi connectivity index (χ1v) is 10.8. The van der Waals surface area contributed by atoms with Gasteiger partial charge in [-0.3, -0.25) is 0 Å². The number of benzene rings is 2. The van der Waals surface area contributed by atoms with Gasteiger partial charge in [0.05, 0.1) is 6.61 Å². The highest BCUT2D eigenvalue weighted by Gasteiger charge is 2.21. The van der Waals surface area contributed by atoms with E-state index in [2.05, 4.69) is 20.8 Å². The van der Waals surface area contributed by atoms with Crippen molar-refractivity contribution in [3.05, 3.63) is 42.0 Å². The van der Waals surface area contributed by atoms with Crippen molar-refractivity contribution < 1.29 is 18.8 Å². The predicted molar refractivity (Wildman–Crippen MR) is 122 cm³/mol. The number of hydrogen-bond donors (Lipinski definition) is 2. The van der Waals surface area contributed by atoms with Crippen molar-refractivity contribution in [3.63, 3.8) is 0 Å². The Hall–Kier alpha value is -3.55. The van der Waals surface area contributed by atoms with Gasteiger partial charge in [0, 0.05) is 28.9 Å². The molecule has 2 heterocycles. The van der Waals surface area contributed by atoms with E-state index in [1.165, 1.54) is 5.56 Å². The fourth-order valence-corrected chi connectivity index (χ4v) is 3.49. The molecule has 0 saturated heterocycles. The van der Waals surface area contributed by atoms with Crippen molar-refractivity contribution in [2.75, 3.05) is 18.5 Å². The van der Waals surface area contributed by atoms with Crippen LogP contribution >= 0.6 is 0 Å². The second kappa shape index (κ2) is 8.90. The normalized spacial score (nSPS) is 12.8. The van der Waals surface area contributed by atoms with Gasteiger partial charge in [-0.25, -0.2) is 4.79 Å². The monoisotopic (exact) mass is 436 g/mol. The molecule has 1 aromatic heterocycles. The van der Waals surface area contributed by atoms with Gasteiger partial charge in [0.1, 0.15) is 0 Å². The Morgan fingerprint density at radius 2 is 2.06 bits per heavy atom. The van der Waals surface area contributed by atoms with Gasteiger partial charge in [0.25, 0.3) is 5.89 Å². The molecule has 0 radical (unpaired) electrons. The first-order chi connectivity index (χ1) is 15.3. The zero-order chi connectivity index (χ0) is 22.7. The van der Waals surface area contributed by atoms with Gasteiger partial charge in [-0.1, -0.05) is 24.2 Å². The lowest BCUT2D eigenvalue weighted by molar-refractivity contribution is 0.187. The Balaban J connectivity index is 1.63. The maximum absolute atomic E-state index is 12.4. The summed E-state index contributed by atoms with van der Waals surface area (Å²) in [5.41, 5.74) is 3.45. The van der Waals surface area contributed by atoms with Gasteiger partial charge in [-0.05, 0) is 63.4 Å². The van der Waals surface area contributed by atoms with Gasteiger partial charge in [0.15, 0.2) is 11.5 Å². The zero-order valence-corrected chi connectivity index (χ0v) is 18.8. The largest absolute Gasteiger partial charge is 0.490 e. The van der Waals surface area contributed by atoms with Crippen molar-refractivity contribution >= 4 is 11.8 Å². The van der Waals surface area contributed by atoms with Gasteiger partial charge >= 0.3 is 6.09 Å². The van der Waals surface area contributed by atoms with Gasteiger partial charge in [0.2, 0.25) is 5.82 Å². The number of carbonyl (C=O) groups excluding carboxylic acids is 1. The third kappa shape index (κ3) is 4.85. The van der Waals surface area contributed by atoms with E-state index < -0.39 is 11.6 Å². The summed E-state index contributed by atoms with van der Waals surface area (Å²) in [5, 5.41) is 10.3. The standard InChI is InChI=1S/C24H28N4O4/c1-5-13-30-19-10-9-15(14-20(19)31-23(29)27-24(2,3)4)22-26-21(28-32-22)17-7-6-8-18-16(17)11-12-25-18/h6-10,14,25H,5,11-13H2,1-4H3,(H,27,29). The van der Waals surface area contributed by atoms with E-state index in [4.69, 9.17) is 14.0 Å². The Morgan fingerprint density at radius 3 is 2.84 bits per heavy atom. The van der Waals surface area contributed by atoms with E-state index in [1.807, 2.05) is 52.0 Å². The molecule has 0 atom stereocenters. The number of nitrogens with zero attached hydrogens (tertiary/aromatic N) is 2. The average molecular weight is 437 g/mol. The summed E-state index contributed by atoms with van der Waals surface area (Å²) in [4.78, 5) is 17.0. The van der Waals surface area contributed by atoms with Crippen molar-refractivity contribution in [2.24, 2.45) is 0 Å². The summed E-state index contributed by atoms with van der Waals surface area (Å²) >= 11 is 0. The molecule has 4 rings (SSSR count). The third-order valence-corrected chi connectivity index (χ3v) is 4.87. The number of rotatable bonds is 6. The van der Waals surface area contributed by atoms with E-state index in [0.29, 0.717) is 35.4 Å². The number of ether oxygens (including phenoxy) is 2. The van der Waals surface area contributed by atoms with Crippen LogP contribution in [0.1, 0.15) is 39.7 Å². The molecule has 2 aromatic carbocycles. The smallest absolute Gasteiger partial charge is 0.413 e. The molecule has 32 heavy (non-hydrogen) atoms. The highest BCUT2D eigenvalue weighted by atomic mass is 16.6. The lowest BCUT2D eigenvalue weighted by Gasteiger charge is -2.20. The summed E-state index contributed by atoms with van der Waals surface area (Å²) in [6, 6.07) is 11.3. The topological polar surface area (TPSA) is 98.5 Å². The molecule has 0 fully saturated rings. The zero-order valence-electron chi connectivity index (χ0n) is 18.8. The molecule has 0 saturated carbocycles. The van der Waals surface area contributed by atoms with Crippen LogP contribution in [0.3, 0.4) is 0 Å². The van der Waals surface area contributed by atoms with E-state index in [-0.39, 0.29) is 0 Å². The molecule has 1 amide bonds. The number of fused-ring (bicyclic) bond motifs is 1. The van der Waals surface area contributed by atoms with Crippen molar-refractivity contribution in [3.8, 4) is 34.3 Å². The minimum atomic E-state index is -0.561. The molecule has 8 nitrogen and oxygen atoms in total. The summed E-state index contributed by atoms with van der Waals surface area (Å²) < 4.78 is 16.9. The van der Waals surface area contributed by atoms with Crippen molar-refractivity contribution in [1.82, 2.24) is 15.5 Å². The fraction of sp³-hybridized carbons (Fsp3) is 0.375. The fourth-order valence-electron chi connectivity index (χ4n) is 3.49. The predicted octanol–water partition coefficient (Wildman–Crippen LogP) is 5.05. The van der Waals surface area contributed by atoms with Crippen LogP contribution in [0, 0.1) is 0 Å². The lowest BCUT2D eigenvalue weighted by atomic mass is 10.0. The maximum atomic E-state index is 12.4. The van der Waals surface area contributed by atoms with E-state index in [1.54, 1.807) is 12.1 Å². The number of anilines is 1. The van der Waals surface area contributed by atoms with Gasteiger partial charge in [-0.2, -0.15) is 4.98 Å². The molecule has 0 aliphatic carbocycles. The van der Waals surface area contributed by atoms with Crippen LogP contribution in [0.4, 0.5) is 10.5 Å². The van der Waals surface area contributed by atoms with Crippen LogP contribution in [0.2, 0.25) is 0 Å². The number of amides is 1. The molecule has 0 unspecified atom stereocenters. The number of carbonyl (C=O) groups is 1. The number of hydrogen-bond acceptors (Lipinski definition) is 7. The first-order valence-electron chi connectivity index (χ1n) is 10.8. The van der Waals surface area contributed by atoms with Gasteiger partial charge in [-0.15, -0.1) is 0 Å². The molecule has 8 heteroatoms. The van der Waals surface area contributed by atoms with Crippen LogP contribution in [-0.2, 0) is 6.42 Å². The Labute approximate surface area is 187 Å². The molecule has 1 aliphatic heterocycles. The second-order valence-electron chi connectivity index (χ2n) is 8.71. The molecule has 168 valence electrons. The van der Waals surface area contributed by atoms with Crippen LogP contribution in [-0.4, -0.2) is 34.9 Å². The highest BCUT2D eigenvalue weighted by molar-refractivity contribution is 5.75. The lowest BCUT2D eigenvalue weighted by Crippen LogP contribution is -2.42. The quantitative estimate of drug-likeness (QED) is 0.558. The van der Waals surface area contributed by atoms with E-state index in [0.717, 1.165) is 30.6 Å². The van der Waals surface area contributed by atoms with Crippen LogP contribution in [0.5, 0.6) is 11.5 Å². The number of nitrogens with one attached hydrogen (secondary N) is 2. The van der Waals surface area contributed by atoms with Crippen molar-refractivity contribution in [2.45, 2.75) is 46.1 Å². The molecule has 0 spiro atoms. The second-order valence-corrected chi connectivity index (χ2v) is 8.71. The van der Waals surface area contributed by atoms with Crippen LogP contribution in [0.25, 0.3) is 22.8 Å². The summed E-state index contributed by atoms with van der Waals surface area (Å²) in [5.74, 6) is 1.64. The Morgan fingerprint density at radius 1 is 1.22 bits per heavy atom. The first kappa shape index (κ1) is 21.7. The number of aromatic nitrogens is 2. The minimum absolute atomic E-state index is 0.294. The van der Waals surface area contributed by atoms with Crippen LogP contribution in [0.15, 0.2) is 40.9 Å². The maximum Gasteiger partial charge on any atom is 0.413 e. The highest BCUT2D eigenvalue weighted by Crippen LogP contribution is 2.35. The Kier molecular flexibility index (Phi) is 6.03. The van der Waals surface area contributed by atoms with Gasteiger partial charge < -0.3 is 24.6 Å². The SMILES string of the molecule is CCCOc1ccc(-c2nc(-c3cccc4c3CCN4)no2)cc1OC(=O)NC(C)(C)C. The summed E-state index contributed by atoms with van der Waals surface area (Å²) in [7, 11) is 0.